The number of carbonyl (C=O) groups excluding carboxylic acids is 1. The molecule has 0 saturated carbocycles. The van der Waals surface area contributed by atoms with Crippen LogP contribution in [-0.4, -0.2) is 31.2 Å². The van der Waals surface area contributed by atoms with Crippen molar-refractivity contribution in [2.75, 3.05) is 20.3 Å². The zero-order valence-corrected chi connectivity index (χ0v) is 12.4. The van der Waals surface area contributed by atoms with Gasteiger partial charge in [0, 0.05) is 18.5 Å². The SMILES string of the molecule is COc1ccc(OCCNC(=O)/C=C/c2cccnc2)cc1. The molecule has 1 N–H and O–H groups in total. The second kappa shape index (κ2) is 8.46. The highest BCUT2D eigenvalue weighted by atomic mass is 16.5. The average Bonchev–Trinajstić information content (AvgIpc) is 2.58. The van der Waals surface area contributed by atoms with E-state index >= 15 is 0 Å². The van der Waals surface area contributed by atoms with Crippen LogP contribution in [0.4, 0.5) is 0 Å². The molecule has 0 spiro atoms. The van der Waals surface area contributed by atoms with Crippen molar-refractivity contribution in [3.05, 3.63) is 60.4 Å². The Kier molecular flexibility index (Phi) is 5.99. The molecule has 0 radical (unpaired) electrons. The molecule has 22 heavy (non-hydrogen) atoms. The Morgan fingerprint density at radius 3 is 2.68 bits per heavy atom. The van der Waals surface area contributed by atoms with Crippen LogP contribution in [0, 0.1) is 0 Å². The van der Waals surface area contributed by atoms with Gasteiger partial charge in [-0.15, -0.1) is 0 Å². The summed E-state index contributed by atoms with van der Waals surface area (Å²) in [6, 6.07) is 11.0. The van der Waals surface area contributed by atoms with Gasteiger partial charge in [0.1, 0.15) is 18.1 Å². The highest BCUT2D eigenvalue weighted by Gasteiger charge is 1.97. The molecule has 0 fully saturated rings. The van der Waals surface area contributed by atoms with E-state index < -0.39 is 0 Å². The highest BCUT2D eigenvalue weighted by Crippen LogP contribution is 2.16. The van der Waals surface area contributed by atoms with Gasteiger partial charge in [0.2, 0.25) is 5.91 Å². The van der Waals surface area contributed by atoms with Crippen LogP contribution >= 0.6 is 0 Å². The second-order valence-electron chi connectivity index (χ2n) is 4.43. The number of aromatic nitrogens is 1. The second-order valence-corrected chi connectivity index (χ2v) is 4.43. The van der Waals surface area contributed by atoms with Crippen LogP contribution in [0.15, 0.2) is 54.9 Å². The molecule has 2 aromatic rings. The number of methoxy groups -OCH3 is 1. The first-order valence-corrected chi connectivity index (χ1v) is 6.91. The van der Waals surface area contributed by atoms with Gasteiger partial charge in [0.25, 0.3) is 0 Å². The summed E-state index contributed by atoms with van der Waals surface area (Å²) in [5.41, 5.74) is 0.882. The van der Waals surface area contributed by atoms with Crippen LogP contribution in [0.2, 0.25) is 0 Å². The summed E-state index contributed by atoms with van der Waals surface area (Å²) >= 11 is 0. The maximum atomic E-state index is 11.6. The van der Waals surface area contributed by atoms with Crippen molar-refractivity contribution in [3.63, 3.8) is 0 Å². The van der Waals surface area contributed by atoms with Crippen molar-refractivity contribution in [2.45, 2.75) is 0 Å². The zero-order valence-electron chi connectivity index (χ0n) is 12.4. The Hall–Kier alpha value is -2.82. The molecule has 0 saturated heterocycles. The highest BCUT2D eigenvalue weighted by molar-refractivity contribution is 5.91. The monoisotopic (exact) mass is 298 g/mol. The third kappa shape index (κ3) is 5.28. The molecule has 1 amide bonds. The van der Waals surface area contributed by atoms with E-state index in [1.54, 1.807) is 25.6 Å². The Labute approximate surface area is 129 Å². The first kappa shape index (κ1) is 15.6. The number of nitrogens with zero attached hydrogens (tertiary/aromatic N) is 1. The van der Waals surface area contributed by atoms with E-state index in [1.807, 2.05) is 36.4 Å². The number of rotatable bonds is 7. The minimum absolute atomic E-state index is 0.165. The summed E-state index contributed by atoms with van der Waals surface area (Å²) in [6.07, 6.45) is 6.57. The van der Waals surface area contributed by atoms with Crippen molar-refractivity contribution in [3.8, 4) is 11.5 Å². The first-order valence-electron chi connectivity index (χ1n) is 6.91. The average molecular weight is 298 g/mol. The van der Waals surface area contributed by atoms with Gasteiger partial charge >= 0.3 is 0 Å². The summed E-state index contributed by atoms with van der Waals surface area (Å²) in [5, 5.41) is 2.75. The standard InChI is InChI=1S/C17H18N2O3/c1-21-15-5-7-16(8-6-15)22-12-11-19-17(20)9-4-14-3-2-10-18-13-14/h2-10,13H,11-12H2,1H3,(H,19,20)/b9-4+. The molecular formula is C17H18N2O3. The largest absolute Gasteiger partial charge is 0.497 e. The zero-order chi connectivity index (χ0) is 15.6. The molecule has 0 atom stereocenters. The van der Waals surface area contributed by atoms with Gasteiger partial charge in [-0.05, 0) is 42.0 Å². The van der Waals surface area contributed by atoms with Crippen LogP contribution in [-0.2, 0) is 4.79 Å². The van der Waals surface area contributed by atoms with Gasteiger partial charge < -0.3 is 14.8 Å². The predicted molar refractivity (Wildman–Crippen MR) is 84.8 cm³/mol. The molecular weight excluding hydrogens is 280 g/mol. The lowest BCUT2D eigenvalue weighted by atomic mass is 10.2. The van der Waals surface area contributed by atoms with Crippen molar-refractivity contribution >= 4 is 12.0 Å². The quantitative estimate of drug-likeness (QED) is 0.629. The van der Waals surface area contributed by atoms with E-state index in [0.717, 1.165) is 17.1 Å². The fourth-order valence-electron chi connectivity index (χ4n) is 1.72. The van der Waals surface area contributed by atoms with Gasteiger partial charge in [0.05, 0.1) is 13.7 Å². The number of ether oxygens (including phenoxy) is 2. The summed E-state index contributed by atoms with van der Waals surface area (Å²) in [6.45, 7) is 0.834. The van der Waals surface area contributed by atoms with E-state index in [9.17, 15) is 4.79 Å². The molecule has 1 aromatic carbocycles. The predicted octanol–water partition coefficient (Wildman–Crippen LogP) is 2.30. The van der Waals surface area contributed by atoms with Crippen LogP contribution in [0.5, 0.6) is 11.5 Å². The Bertz CT molecular complexity index is 610. The maximum Gasteiger partial charge on any atom is 0.244 e. The van der Waals surface area contributed by atoms with Crippen LogP contribution in [0.3, 0.4) is 0 Å². The van der Waals surface area contributed by atoms with Crippen LogP contribution in [0.25, 0.3) is 6.08 Å². The van der Waals surface area contributed by atoms with Gasteiger partial charge in [-0.3, -0.25) is 9.78 Å². The number of pyridine rings is 1. The Morgan fingerprint density at radius 2 is 2.00 bits per heavy atom. The molecule has 114 valence electrons. The summed E-state index contributed by atoms with van der Waals surface area (Å²) in [5.74, 6) is 1.35. The third-order valence-electron chi connectivity index (χ3n) is 2.84. The van der Waals surface area contributed by atoms with Crippen molar-refractivity contribution in [1.29, 1.82) is 0 Å². The maximum absolute atomic E-state index is 11.6. The summed E-state index contributed by atoms with van der Waals surface area (Å²) in [7, 11) is 1.62. The van der Waals surface area contributed by atoms with E-state index in [1.165, 1.54) is 6.08 Å². The number of nitrogens with one attached hydrogen (secondary N) is 1. The number of amides is 1. The van der Waals surface area contributed by atoms with Gasteiger partial charge in [0.15, 0.2) is 0 Å². The van der Waals surface area contributed by atoms with E-state index in [4.69, 9.17) is 9.47 Å². The number of hydrogen-bond donors (Lipinski definition) is 1. The number of carbonyl (C=O) groups is 1. The normalized spacial score (nSPS) is 10.4. The number of benzene rings is 1. The number of hydrogen-bond acceptors (Lipinski definition) is 4. The van der Waals surface area contributed by atoms with E-state index in [-0.39, 0.29) is 5.91 Å². The lowest BCUT2D eigenvalue weighted by molar-refractivity contribution is -0.116. The minimum atomic E-state index is -0.165. The van der Waals surface area contributed by atoms with Crippen molar-refractivity contribution < 1.29 is 14.3 Å². The van der Waals surface area contributed by atoms with Gasteiger partial charge in [-0.2, -0.15) is 0 Å². The summed E-state index contributed by atoms with van der Waals surface area (Å²) < 4.78 is 10.6. The fraction of sp³-hybridized carbons (Fsp3) is 0.176. The third-order valence-corrected chi connectivity index (χ3v) is 2.84. The van der Waals surface area contributed by atoms with Gasteiger partial charge in [-0.1, -0.05) is 6.07 Å². The Balaban J connectivity index is 1.67. The molecule has 0 aliphatic heterocycles. The first-order chi connectivity index (χ1) is 10.8. The Morgan fingerprint density at radius 1 is 1.23 bits per heavy atom. The topological polar surface area (TPSA) is 60.5 Å². The molecule has 1 heterocycles. The summed E-state index contributed by atoms with van der Waals surface area (Å²) in [4.78, 5) is 15.6. The van der Waals surface area contributed by atoms with Crippen molar-refractivity contribution in [2.24, 2.45) is 0 Å². The molecule has 0 bridgehead atoms. The van der Waals surface area contributed by atoms with Gasteiger partial charge in [-0.25, -0.2) is 0 Å². The lowest BCUT2D eigenvalue weighted by Gasteiger charge is -2.07. The molecule has 0 aliphatic rings. The molecule has 1 aromatic heterocycles. The molecule has 5 heteroatoms. The van der Waals surface area contributed by atoms with Crippen LogP contribution in [0.1, 0.15) is 5.56 Å². The molecule has 5 nitrogen and oxygen atoms in total. The minimum Gasteiger partial charge on any atom is -0.497 e. The smallest absolute Gasteiger partial charge is 0.244 e. The molecule has 0 aliphatic carbocycles. The lowest BCUT2D eigenvalue weighted by Crippen LogP contribution is -2.26. The fourth-order valence-corrected chi connectivity index (χ4v) is 1.72. The molecule has 0 unspecified atom stereocenters. The van der Waals surface area contributed by atoms with E-state index in [2.05, 4.69) is 10.3 Å². The van der Waals surface area contributed by atoms with Crippen molar-refractivity contribution in [1.82, 2.24) is 10.3 Å². The molecule has 2 rings (SSSR count). The van der Waals surface area contributed by atoms with E-state index in [0.29, 0.717) is 13.2 Å². The van der Waals surface area contributed by atoms with Crippen LogP contribution < -0.4 is 14.8 Å².